The largest absolute Gasteiger partial charge is 0.513 e. The number of hydrogen-bond acceptors (Lipinski definition) is 6. The molecule has 0 saturated carbocycles. The summed E-state index contributed by atoms with van der Waals surface area (Å²) in [6.45, 7) is 11.0. The quantitative estimate of drug-likeness (QED) is 0.164. The third kappa shape index (κ3) is 4.34. The topological polar surface area (TPSA) is 62.2 Å². The van der Waals surface area contributed by atoms with Gasteiger partial charge in [0.25, 0.3) is 0 Å². The van der Waals surface area contributed by atoms with Gasteiger partial charge in [0, 0.05) is 46.0 Å². The van der Waals surface area contributed by atoms with E-state index in [4.69, 9.17) is 18.9 Å². The minimum atomic E-state index is -0.696. The second-order valence-electron chi connectivity index (χ2n) is 11.3. The van der Waals surface area contributed by atoms with Crippen molar-refractivity contribution in [2.75, 3.05) is 31.8 Å². The number of benzene rings is 3. The van der Waals surface area contributed by atoms with E-state index in [-0.39, 0.29) is 6.61 Å². The summed E-state index contributed by atoms with van der Waals surface area (Å²) in [6.07, 6.45) is 5.95. The maximum absolute atomic E-state index is 12.0. The summed E-state index contributed by atoms with van der Waals surface area (Å²) in [4.78, 5) is 14.3. The number of methoxy groups -OCH3 is 1. The molecule has 0 radical (unpaired) electrons. The molecule has 1 saturated heterocycles. The first-order chi connectivity index (χ1) is 19.8. The average Bonchev–Trinajstić information content (AvgIpc) is 3.59. The van der Waals surface area contributed by atoms with Gasteiger partial charge in [-0.2, -0.15) is 0 Å². The summed E-state index contributed by atoms with van der Waals surface area (Å²) >= 11 is 0. The first kappa shape index (κ1) is 27.2. The summed E-state index contributed by atoms with van der Waals surface area (Å²) in [5, 5.41) is 2.42. The van der Waals surface area contributed by atoms with Crippen LogP contribution in [0, 0.1) is 0 Å². The maximum Gasteiger partial charge on any atom is 0.513 e. The Morgan fingerprint density at radius 3 is 2.51 bits per heavy atom. The van der Waals surface area contributed by atoms with Crippen LogP contribution in [0.5, 0.6) is 11.5 Å². The average molecular weight is 555 g/mol. The Hall–Kier alpha value is -3.97. The Morgan fingerprint density at radius 1 is 1.00 bits per heavy atom. The van der Waals surface area contributed by atoms with Crippen molar-refractivity contribution < 1.29 is 23.7 Å². The van der Waals surface area contributed by atoms with Crippen LogP contribution in [0.2, 0.25) is 0 Å². The SMILES string of the molecule is CCCCn1c2ccc(C=CC34OCCN3c3ccc(OC(=O)OCC)cc3C4(C)C)cc2c2cc(OC)ccc21. The zero-order chi connectivity index (χ0) is 28.8. The van der Waals surface area contributed by atoms with Gasteiger partial charge < -0.3 is 28.4 Å². The van der Waals surface area contributed by atoms with E-state index in [0.717, 1.165) is 48.5 Å². The molecule has 7 heteroatoms. The summed E-state index contributed by atoms with van der Waals surface area (Å²) in [6, 6.07) is 18.8. The molecule has 4 aromatic rings. The van der Waals surface area contributed by atoms with Crippen molar-refractivity contribution in [1.29, 1.82) is 0 Å². The monoisotopic (exact) mass is 554 g/mol. The molecule has 2 aliphatic heterocycles. The van der Waals surface area contributed by atoms with E-state index in [1.54, 1.807) is 14.0 Å². The lowest BCUT2D eigenvalue weighted by Crippen LogP contribution is -2.51. The molecule has 6 rings (SSSR count). The predicted molar refractivity (Wildman–Crippen MR) is 163 cm³/mol. The van der Waals surface area contributed by atoms with Crippen LogP contribution < -0.4 is 14.4 Å². The Kier molecular flexibility index (Phi) is 6.94. The van der Waals surface area contributed by atoms with Crippen LogP contribution >= 0.6 is 0 Å². The molecular formula is C34H38N2O5. The number of rotatable bonds is 8. The zero-order valence-electron chi connectivity index (χ0n) is 24.5. The number of nitrogens with zero attached hydrogens (tertiary/aromatic N) is 2. The number of unbranched alkanes of at least 4 members (excludes halogenated alkanes) is 1. The van der Waals surface area contributed by atoms with Crippen LogP contribution in [0.25, 0.3) is 27.9 Å². The Bertz CT molecular complexity index is 1650. The van der Waals surface area contributed by atoms with E-state index in [1.807, 2.05) is 24.3 Å². The van der Waals surface area contributed by atoms with E-state index in [1.165, 1.54) is 21.8 Å². The van der Waals surface area contributed by atoms with Crippen LogP contribution in [-0.2, 0) is 21.4 Å². The Morgan fingerprint density at radius 2 is 1.76 bits per heavy atom. The molecule has 41 heavy (non-hydrogen) atoms. The van der Waals surface area contributed by atoms with Crippen molar-refractivity contribution in [1.82, 2.24) is 4.57 Å². The normalized spacial score (nSPS) is 19.2. The molecular weight excluding hydrogens is 516 g/mol. The third-order valence-corrected chi connectivity index (χ3v) is 8.66. The van der Waals surface area contributed by atoms with Gasteiger partial charge in [-0.05, 0) is 79.1 Å². The van der Waals surface area contributed by atoms with Crippen molar-refractivity contribution >= 4 is 39.7 Å². The Balaban J connectivity index is 1.38. The van der Waals surface area contributed by atoms with E-state index in [9.17, 15) is 4.79 Å². The fourth-order valence-corrected chi connectivity index (χ4v) is 6.55. The standard InChI is InChI=1S/C34H38N2O5/c1-6-8-17-35-29-12-9-23(20-26(29)27-21-24(38-5)10-13-30(27)35)15-16-34-33(3,4)28-22-25(41-32(37)39-7-2)11-14-31(28)36(34)18-19-40-34/h9-16,20-22H,6-8,17-19H2,1-5H3. The van der Waals surface area contributed by atoms with Gasteiger partial charge in [-0.3, -0.25) is 0 Å². The highest BCUT2D eigenvalue weighted by atomic mass is 16.7. The number of anilines is 1. The Labute approximate surface area is 241 Å². The smallest absolute Gasteiger partial charge is 0.497 e. The van der Waals surface area contributed by atoms with Crippen LogP contribution in [-0.4, -0.2) is 43.3 Å². The van der Waals surface area contributed by atoms with Crippen molar-refractivity contribution in [2.45, 2.75) is 58.2 Å². The highest BCUT2D eigenvalue weighted by Crippen LogP contribution is 2.56. The second kappa shape index (κ2) is 10.5. The molecule has 0 aliphatic carbocycles. The summed E-state index contributed by atoms with van der Waals surface area (Å²) in [5.41, 5.74) is 4.67. The number of fused-ring (bicyclic) bond motifs is 6. The lowest BCUT2D eigenvalue weighted by atomic mass is 9.77. The fourth-order valence-electron chi connectivity index (χ4n) is 6.55. The molecule has 1 atom stereocenters. The predicted octanol–water partition coefficient (Wildman–Crippen LogP) is 7.68. The van der Waals surface area contributed by atoms with Gasteiger partial charge in [-0.1, -0.05) is 39.3 Å². The zero-order valence-corrected chi connectivity index (χ0v) is 24.5. The summed E-state index contributed by atoms with van der Waals surface area (Å²) < 4.78 is 25.0. The highest BCUT2D eigenvalue weighted by Gasteiger charge is 2.59. The van der Waals surface area contributed by atoms with Gasteiger partial charge in [0.05, 0.1) is 20.3 Å². The van der Waals surface area contributed by atoms with E-state index < -0.39 is 17.3 Å². The van der Waals surface area contributed by atoms with Crippen LogP contribution in [0.3, 0.4) is 0 Å². The van der Waals surface area contributed by atoms with Crippen molar-refractivity contribution in [2.24, 2.45) is 0 Å². The third-order valence-electron chi connectivity index (χ3n) is 8.66. The highest BCUT2D eigenvalue weighted by molar-refractivity contribution is 6.09. The minimum Gasteiger partial charge on any atom is -0.497 e. The second-order valence-corrected chi connectivity index (χ2v) is 11.3. The molecule has 2 aliphatic rings. The van der Waals surface area contributed by atoms with Crippen LogP contribution in [0.1, 0.15) is 51.7 Å². The lowest BCUT2D eigenvalue weighted by molar-refractivity contribution is 0.000304. The number of aryl methyl sites for hydroxylation is 1. The molecule has 1 unspecified atom stereocenters. The maximum atomic E-state index is 12.0. The van der Waals surface area contributed by atoms with Gasteiger partial charge in [-0.15, -0.1) is 0 Å². The molecule has 3 heterocycles. The molecule has 0 spiro atoms. The summed E-state index contributed by atoms with van der Waals surface area (Å²) in [7, 11) is 1.71. The molecule has 0 N–H and O–H groups in total. The molecule has 0 amide bonds. The van der Waals surface area contributed by atoms with Gasteiger partial charge >= 0.3 is 6.16 Å². The van der Waals surface area contributed by atoms with Gasteiger partial charge in [0.15, 0.2) is 5.72 Å². The lowest BCUT2D eigenvalue weighted by Gasteiger charge is -2.39. The van der Waals surface area contributed by atoms with E-state index in [0.29, 0.717) is 12.4 Å². The molecule has 1 aromatic heterocycles. The number of aromatic nitrogens is 1. The van der Waals surface area contributed by atoms with Crippen LogP contribution in [0.4, 0.5) is 10.5 Å². The first-order valence-electron chi connectivity index (χ1n) is 14.5. The van der Waals surface area contributed by atoms with Gasteiger partial charge in [0.2, 0.25) is 0 Å². The number of hydrogen-bond donors (Lipinski definition) is 0. The van der Waals surface area contributed by atoms with Crippen molar-refractivity contribution in [3.8, 4) is 11.5 Å². The minimum absolute atomic E-state index is 0.267. The van der Waals surface area contributed by atoms with Crippen molar-refractivity contribution in [3.63, 3.8) is 0 Å². The molecule has 214 valence electrons. The fraction of sp³-hybridized carbons (Fsp3) is 0.382. The van der Waals surface area contributed by atoms with Gasteiger partial charge in [0.1, 0.15) is 11.5 Å². The molecule has 1 fully saturated rings. The molecule has 3 aromatic carbocycles. The number of carbonyl (C=O) groups excluding carboxylic acids is 1. The molecule has 7 nitrogen and oxygen atoms in total. The first-order valence-corrected chi connectivity index (χ1v) is 14.5. The van der Waals surface area contributed by atoms with E-state index >= 15 is 0 Å². The number of carbonyl (C=O) groups is 1. The summed E-state index contributed by atoms with van der Waals surface area (Å²) in [5.74, 6) is 1.33. The van der Waals surface area contributed by atoms with Crippen molar-refractivity contribution in [3.05, 3.63) is 71.8 Å². The number of ether oxygens (including phenoxy) is 4. The molecule has 0 bridgehead atoms. The van der Waals surface area contributed by atoms with E-state index in [2.05, 4.69) is 72.7 Å². The van der Waals surface area contributed by atoms with Crippen LogP contribution in [0.15, 0.2) is 60.7 Å². The van der Waals surface area contributed by atoms with Gasteiger partial charge in [-0.25, -0.2) is 4.79 Å².